The van der Waals surface area contributed by atoms with Crippen LogP contribution in [0.2, 0.25) is 0 Å². The number of rotatable bonds is 8. The number of ether oxygens (including phenoxy) is 1. The van der Waals surface area contributed by atoms with Gasteiger partial charge in [0, 0.05) is 22.5 Å². The van der Waals surface area contributed by atoms with Crippen LogP contribution in [0.15, 0.2) is 36.0 Å². The standard InChI is InChI=1S/C24H27N7O4S2.CH2O2/c1-35-24-20(30-37(2,33)34)10-16(11-25-24)15-8-18(17-12-26-29-19(17)9-15)28-23(32)21-14-36-22(27-21)13-31-6-4-3-5-7-31;2-1-3/h8-12,14,30H,3-7,13H2,1-2H3,(H,26,29)(H,28,32);1H,(H,2,3). The number of sulfonamides is 1. The summed E-state index contributed by atoms with van der Waals surface area (Å²) in [6.45, 7) is 2.63. The highest BCUT2D eigenvalue weighted by molar-refractivity contribution is 7.92. The number of H-pyrrole nitrogens is 1. The lowest BCUT2D eigenvalue weighted by atomic mass is 10.0. The van der Waals surface area contributed by atoms with E-state index in [4.69, 9.17) is 14.6 Å². The molecule has 40 heavy (non-hydrogen) atoms. The van der Waals surface area contributed by atoms with Gasteiger partial charge in [0.05, 0.1) is 37.3 Å². The van der Waals surface area contributed by atoms with Crippen LogP contribution in [-0.2, 0) is 21.4 Å². The van der Waals surface area contributed by atoms with Crippen molar-refractivity contribution in [1.82, 2.24) is 25.1 Å². The number of amides is 1. The normalized spacial score (nSPS) is 13.8. The van der Waals surface area contributed by atoms with E-state index in [9.17, 15) is 13.2 Å². The minimum atomic E-state index is -3.55. The average Bonchev–Trinajstić information content (AvgIpc) is 3.59. The molecule has 0 unspecified atom stereocenters. The fourth-order valence-electron chi connectivity index (χ4n) is 4.35. The molecule has 1 aromatic carbocycles. The number of aromatic amines is 1. The van der Waals surface area contributed by atoms with Crippen molar-refractivity contribution in [3.63, 3.8) is 0 Å². The Hall–Kier alpha value is -4.08. The van der Waals surface area contributed by atoms with Crippen LogP contribution in [0.3, 0.4) is 0 Å². The van der Waals surface area contributed by atoms with Crippen molar-refractivity contribution in [2.75, 3.05) is 36.5 Å². The van der Waals surface area contributed by atoms with Gasteiger partial charge in [-0.3, -0.25) is 24.3 Å². The topological polar surface area (TPSA) is 179 Å². The molecule has 13 nitrogen and oxygen atoms in total. The van der Waals surface area contributed by atoms with Crippen LogP contribution >= 0.6 is 11.3 Å². The summed E-state index contributed by atoms with van der Waals surface area (Å²) in [5.74, 6) is -0.165. The van der Waals surface area contributed by atoms with E-state index in [0.717, 1.165) is 36.3 Å². The number of aromatic nitrogens is 4. The predicted octanol–water partition coefficient (Wildman–Crippen LogP) is 3.40. The molecule has 5 rings (SSSR count). The lowest BCUT2D eigenvalue weighted by Crippen LogP contribution is -2.29. The second-order valence-electron chi connectivity index (χ2n) is 9.03. The monoisotopic (exact) mass is 587 g/mol. The Balaban J connectivity index is 0.00000118. The van der Waals surface area contributed by atoms with Crippen LogP contribution in [0.5, 0.6) is 5.88 Å². The Morgan fingerprint density at radius 3 is 2.60 bits per heavy atom. The Labute approximate surface area is 234 Å². The molecule has 1 saturated heterocycles. The van der Waals surface area contributed by atoms with Gasteiger partial charge < -0.3 is 15.2 Å². The van der Waals surface area contributed by atoms with E-state index in [0.29, 0.717) is 28.0 Å². The highest BCUT2D eigenvalue weighted by Crippen LogP contribution is 2.33. The van der Waals surface area contributed by atoms with Crippen molar-refractivity contribution < 1.29 is 27.9 Å². The van der Waals surface area contributed by atoms with E-state index in [1.54, 1.807) is 29.9 Å². The first-order chi connectivity index (χ1) is 19.2. The maximum absolute atomic E-state index is 13.1. The first-order valence-electron chi connectivity index (χ1n) is 12.3. The molecule has 3 aromatic heterocycles. The Morgan fingerprint density at radius 1 is 1.18 bits per heavy atom. The number of piperidine rings is 1. The number of benzene rings is 1. The third-order valence-electron chi connectivity index (χ3n) is 6.07. The summed E-state index contributed by atoms with van der Waals surface area (Å²) in [4.78, 5) is 32.7. The molecule has 1 aliphatic rings. The van der Waals surface area contributed by atoms with Crippen LogP contribution in [0, 0.1) is 0 Å². The zero-order valence-corrected chi connectivity index (χ0v) is 23.5. The van der Waals surface area contributed by atoms with Gasteiger partial charge in [-0.15, -0.1) is 11.3 Å². The lowest BCUT2D eigenvalue weighted by Gasteiger charge is -2.25. The maximum atomic E-state index is 13.1. The predicted molar refractivity (Wildman–Crippen MR) is 152 cm³/mol. The first-order valence-corrected chi connectivity index (χ1v) is 15.0. The molecule has 0 spiro atoms. The fourth-order valence-corrected chi connectivity index (χ4v) is 5.71. The summed E-state index contributed by atoms with van der Waals surface area (Å²) in [6, 6.07) is 5.28. The van der Waals surface area contributed by atoms with Gasteiger partial charge in [0.2, 0.25) is 15.9 Å². The molecule has 1 fully saturated rings. The Bertz CT molecular complexity index is 1600. The van der Waals surface area contributed by atoms with Crippen LogP contribution in [0.25, 0.3) is 22.0 Å². The number of carboxylic acid groups (broad SMARTS) is 1. The van der Waals surface area contributed by atoms with Gasteiger partial charge in [0.1, 0.15) is 16.4 Å². The largest absolute Gasteiger partial charge is 0.483 e. The van der Waals surface area contributed by atoms with Crippen LogP contribution in [0.4, 0.5) is 11.4 Å². The van der Waals surface area contributed by atoms with E-state index in [2.05, 4.69) is 35.1 Å². The number of nitrogens with one attached hydrogen (secondary N) is 3. The zero-order chi connectivity index (χ0) is 28.7. The number of methoxy groups -OCH3 is 1. The van der Waals surface area contributed by atoms with E-state index in [1.807, 2.05) is 6.07 Å². The third kappa shape index (κ3) is 7.31. The van der Waals surface area contributed by atoms with Gasteiger partial charge in [-0.25, -0.2) is 18.4 Å². The molecular weight excluding hydrogens is 558 g/mol. The van der Waals surface area contributed by atoms with Gasteiger partial charge in [-0.1, -0.05) is 6.42 Å². The zero-order valence-electron chi connectivity index (χ0n) is 21.9. The molecule has 1 aliphatic heterocycles. The van der Waals surface area contributed by atoms with Crippen molar-refractivity contribution in [1.29, 1.82) is 0 Å². The van der Waals surface area contributed by atoms with E-state index in [-0.39, 0.29) is 23.9 Å². The summed E-state index contributed by atoms with van der Waals surface area (Å²) >= 11 is 1.49. The molecule has 0 saturated carbocycles. The SMILES string of the molecule is COc1ncc(-c2cc(NC(=O)c3csc(CN4CCCCC4)n3)c3cn[nH]c3c2)cc1NS(C)(=O)=O.O=CO. The average molecular weight is 588 g/mol. The van der Waals surface area contributed by atoms with Crippen molar-refractivity contribution in [3.8, 4) is 17.0 Å². The van der Waals surface area contributed by atoms with E-state index < -0.39 is 10.0 Å². The van der Waals surface area contributed by atoms with Crippen LogP contribution < -0.4 is 14.8 Å². The molecule has 4 N–H and O–H groups in total. The van der Waals surface area contributed by atoms with Gasteiger partial charge in [0.15, 0.2) is 0 Å². The summed E-state index contributed by atoms with van der Waals surface area (Å²) in [6.07, 6.45) is 7.94. The number of hydrogen-bond acceptors (Lipinski definition) is 10. The smallest absolute Gasteiger partial charge is 0.290 e. The molecule has 0 radical (unpaired) electrons. The number of nitrogens with zero attached hydrogens (tertiary/aromatic N) is 4. The molecule has 0 aliphatic carbocycles. The van der Waals surface area contributed by atoms with E-state index in [1.165, 1.54) is 37.7 Å². The minimum absolute atomic E-state index is 0.147. The minimum Gasteiger partial charge on any atom is -0.483 e. The summed E-state index contributed by atoms with van der Waals surface area (Å²) in [5, 5.41) is 20.3. The number of anilines is 2. The number of hydrogen-bond donors (Lipinski definition) is 4. The number of fused-ring (bicyclic) bond motifs is 1. The molecular formula is C25H29N7O6S2. The second kappa shape index (κ2) is 12.8. The molecule has 15 heteroatoms. The van der Waals surface area contributed by atoms with Crippen molar-refractivity contribution in [3.05, 3.63) is 46.7 Å². The number of carbonyl (C=O) groups is 2. The number of pyridine rings is 1. The summed E-state index contributed by atoms with van der Waals surface area (Å²) in [7, 11) is -2.14. The van der Waals surface area contributed by atoms with Crippen molar-refractivity contribution in [2.45, 2.75) is 25.8 Å². The Morgan fingerprint density at radius 2 is 1.90 bits per heavy atom. The molecule has 4 heterocycles. The highest BCUT2D eigenvalue weighted by atomic mass is 32.2. The second-order valence-corrected chi connectivity index (χ2v) is 11.7. The highest BCUT2D eigenvalue weighted by Gasteiger charge is 2.18. The lowest BCUT2D eigenvalue weighted by molar-refractivity contribution is -0.122. The van der Waals surface area contributed by atoms with Gasteiger partial charge in [-0.2, -0.15) is 5.10 Å². The van der Waals surface area contributed by atoms with E-state index >= 15 is 0 Å². The summed E-state index contributed by atoms with van der Waals surface area (Å²) in [5.41, 5.74) is 3.14. The molecule has 212 valence electrons. The molecule has 0 bridgehead atoms. The third-order valence-corrected chi connectivity index (χ3v) is 7.50. The number of likely N-dealkylation sites (tertiary alicyclic amines) is 1. The number of thiazole rings is 1. The van der Waals surface area contributed by atoms with Crippen LogP contribution in [-0.4, -0.2) is 77.4 Å². The fraction of sp³-hybridized carbons (Fsp3) is 0.320. The molecule has 1 amide bonds. The molecule has 4 aromatic rings. The quantitative estimate of drug-likeness (QED) is 0.223. The van der Waals surface area contributed by atoms with Gasteiger partial charge >= 0.3 is 0 Å². The van der Waals surface area contributed by atoms with Crippen LogP contribution in [0.1, 0.15) is 34.8 Å². The van der Waals surface area contributed by atoms with Gasteiger partial charge in [-0.05, 0) is 49.7 Å². The maximum Gasteiger partial charge on any atom is 0.290 e. The van der Waals surface area contributed by atoms with Crippen molar-refractivity contribution in [2.24, 2.45) is 0 Å². The number of carbonyl (C=O) groups excluding carboxylic acids is 1. The van der Waals surface area contributed by atoms with Crippen molar-refractivity contribution >= 4 is 56.0 Å². The first kappa shape index (κ1) is 28.9. The molecule has 0 atom stereocenters. The summed E-state index contributed by atoms with van der Waals surface area (Å²) < 4.78 is 31.3. The van der Waals surface area contributed by atoms with Gasteiger partial charge in [0.25, 0.3) is 12.4 Å². The Kier molecular flexibility index (Phi) is 9.29.